The van der Waals surface area contributed by atoms with Crippen molar-refractivity contribution in [1.29, 1.82) is 0 Å². The number of fused-ring (bicyclic) bond motifs is 1. The summed E-state index contributed by atoms with van der Waals surface area (Å²) in [6.07, 6.45) is 0. The van der Waals surface area contributed by atoms with Crippen molar-refractivity contribution < 1.29 is 10.2 Å². The van der Waals surface area contributed by atoms with Crippen LogP contribution in [0.4, 0.5) is 0 Å². The van der Waals surface area contributed by atoms with Crippen LogP contribution in [0.15, 0.2) is 24.3 Å². The fraction of sp³-hybridized carbons (Fsp3) is 0.167. The molecule has 0 aliphatic rings. The third-order valence-corrected chi connectivity index (χ3v) is 2.51. The molecule has 14 heavy (non-hydrogen) atoms. The molecule has 2 rings (SSSR count). The van der Waals surface area contributed by atoms with Gasteiger partial charge in [0.15, 0.2) is 0 Å². The van der Waals surface area contributed by atoms with Crippen LogP contribution >= 0.6 is 0 Å². The SMILES string of the molecule is Cc1ccc2c(O)cc(O)c(C)c2c1. The molecule has 2 nitrogen and oxygen atoms in total. The van der Waals surface area contributed by atoms with E-state index in [1.165, 1.54) is 6.07 Å². The molecule has 2 N–H and O–H groups in total. The molecule has 0 unspecified atom stereocenters. The minimum atomic E-state index is 0.128. The average molecular weight is 188 g/mol. The molecule has 2 aromatic rings. The van der Waals surface area contributed by atoms with Crippen LogP contribution < -0.4 is 0 Å². The summed E-state index contributed by atoms with van der Waals surface area (Å²) in [5.74, 6) is 0.267. The van der Waals surface area contributed by atoms with Gasteiger partial charge in [-0.15, -0.1) is 0 Å². The minimum Gasteiger partial charge on any atom is -0.508 e. The van der Waals surface area contributed by atoms with Gasteiger partial charge >= 0.3 is 0 Å². The summed E-state index contributed by atoms with van der Waals surface area (Å²) in [5, 5.41) is 20.8. The Bertz CT molecular complexity index is 501. The summed E-state index contributed by atoms with van der Waals surface area (Å²) in [5.41, 5.74) is 1.92. The predicted molar refractivity (Wildman–Crippen MR) is 56.8 cm³/mol. The molecular weight excluding hydrogens is 176 g/mol. The molecular formula is C12H12O2. The van der Waals surface area contributed by atoms with Crippen molar-refractivity contribution in [2.75, 3.05) is 0 Å². The lowest BCUT2D eigenvalue weighted by molar-refractivity contribution is 0.452. The standard InChI is InChI=1S/C12H12O2/c1-7-3-4-9-10(5-7)8(2)11(13)6-12(9)14/h3-6,13-14H,1-2H3. The molecule has 2 heteroatoms. The second kappa shape index (κ2) is 2.91. The van der Waals surface area contributed by atoms with Gasteiger partial charge in [0.25, 0.3) is 0 Å². The first-order valence-corrected chi connectivity index (χ1v) is 4.51. The van der Waals surface area contributed by atoms with E-state index >= 15 is 0 Å². The first kappa shape index (κ1) is 8.88. The fourth-order valence-electron chi connectivity index (χ4n) is 1.65. The van der Waals surface area contributed by atoms with E-state index in [2.05, 4.69) is 0 Å². The van der Waals surface area contributed by atoms with E-state index in [4.69, 9.17) is 0 Å². The molecule has 0 heterocycles. The van der Waals surface area contributed by atoms with Crippen molar-refractivity contribution >= 4 is 10.8 Å². The van der Waals surface area contributed by atoms with Crippen molar-refractivity contribution in [2.45, 2.75) is 13.8 Å². The third kappa shape index (κ3) is 1.20. The maximum Gasteiger partial charge on any atom is 0.127 e. The van der Waals surface area contributed by atoms with Crippen LogP contribution in [0.1, 0.15) is 11.1 Å². The Morgan fingerprint density at radius 3 is 2.29 bits per heavy atom. The highest BCUT2D eigenvalue weighted by Gasteiger charge is 2.07. The zero-order valence-electron chi connectivity index (χ0n) is 8.20. The van der Waals surface area contributed by atoms with Crippen molar-refractivity contribution in [1.82, 2.24) is 0 Å². The molecule has 0 aliphatic carbocycles. The van der Waals surface area contributed by atoms with Gasteiger partial charge in [-0.05, 0) is 24.8 Å². The van der Waals surface area contributed by atoms with E-state index in [1.54, 1.807) is 0 Å². The Labute approximate surface area is 82.4 Å². The molecule has 72 valence electrons. The largest absolute Gasteiger partial charge is 0.508 e. The molecule has 0 atom stereocenters. The molecule has 0 saturated carbocycles. The van der Waals surface area contributed by atoms with Crippen molar-refractivity contribution in [3.63, 3.8) is 0 Å². The highest BCUT2D eigenvalue weighted by molar-refractivity contribution is 5.92. The number of rotatable bonds is 0. The van der Waals surface area contributed by atoms with Gasteiger partial charge in [0, 0.05) is 11.5 Å². The van der Waals surface area contributed by atoms with Crippen molar-refractivity contribution in [2.24, 2.45) is 0 Å². The Balaban J connectivity index is 2.95. The van der Waals surface area contributed by atoms with Crippen LogP contribution in [0.2, 0.25) is 0 Å². The van der Waals surface area contributed by atoms with Gasteiger partial charge in [0.1, 0.15) is 11.5 Å². The van der Waals surface area contributed by atoms with Gasteiger partial charge in [-0.25, -0.2) is 0 Å². The number of aromatic hydroxyl groups is 2. The van der Waals surface area contributed by atoms with E-state index in [1.807, 2.05) is 32.0 Å². The number of hydrogen-bond donors (Lipinski definition) is 2. The molecule has 0 fully saturated rings. The molecule has 2 aromatic carbocycles. The van der Waals surface area contributed by atoms with Crippen LogP contribution in [-0.4, -0.2) is 10.2 Å². The zero-order valence-corrected chi connectivity index (χ0v) is 8.20. The van der Waals surface area contributed by atoms with Gasteiger partial charge in [-0.3, -0.25) is 0 Å². The topological polar surface area (TPSA) is 40.5 Å². The van der Waals surface area contributed by atoms with Gasteiger partial charge in [0.2, 0.25) is 0 Å². The van der Waals surface area contributed by atoms with E-state index in [-0.39, 0.29) is 11.5 Å². The summed E-state index contributed by atoms with van der Waals surface area (Å²) in [4.78, 5) is 0. The average Bonchev–Trinajstić information content (AvgIpc) is 2.14. The highest BCUT2D eigenvalue weighted by atomic mass is 16.3. The van der Waals surface area contributed by atoms with E-state index in [0.717, 1.165) is 21.9 Å². The quantitative estimate of drug-likeness (QED) is 0.667. The number of phenols is 2. The van der Waals surface area contributed by atoms with Gasteiger partial charge in [0.05, 0.1) is 0 Å². The maximum absolute atomic E-state index is 9.61. The van der Waals surface area contributed by atoms with Gasteiger partial charge in [-0.1, -0.05) is 23.8 Å². The van der Waals surface area contributed by atoms with Crippen LogP contribution in [0.25, 0.3) is 10.8 Å². The second-order valence-corrected chi connectivity index (χ2v) is 3.59. The molecule has 0 aromatic heterocycles. The first-order chi connectivity index (χ1) is 6.59. The lowest BCUT2D eigenvalue weighted by Crippen LogP contribution is -1.82. The second-order valence-electron chi connectivity index (χ2n) is 3.59. The Morgan fingerprint density at radius 1 is 0.857 bits per heavy atom. The number of hydrogen-bond acceptors (Lipinski definition) is 2. The Hall–Kier alpha value is -1.70. The van der Waals surface area contributed by atoms with Gasteiger partial charge in [-0.2, -0.15) is 0 Å². The smallest absolute Gasteiger partial charge is 0.127 e. The normalized spacial score (nSPS) is 10.7. The van der Waals surface area contributed by atoms with E-state index in [9.17, 15) is 10.2 Å². The number of benzene rings is 2. The molecule has 0 aliphatic heterocycles. The lowest BCUT2D eigenvalue weighted by Gasteiger charge is -2.07. The van der Waals surface area contributed by atoms with Crippen molar-refractivity contribution in [3.05, 3.63) is 35.4 Å². The summed E-state index contributed by atoms with van der Waals surface area (Å²) >= 11 is 0. The van der Waals surface area contributed by atoms with Crippen LogP contribution in [0.5, 0.6) is 11.5 Å². The lowest BCUT2D eigenvalue weighted by atomic mass is 10.0. The Kier molecular flexibility index (Phi) is 1.84. The maximum atomic E-state index is 9.61. The molecule has 0 spiro atoms. The molecule has 0 bridgehead atoms. The van der Waals surface area contributed by atoms with Crippen LogP contribution in [0.3, 0.4) is 0 Å². The summed E-state index contributed by atoms with van der Waals surface area (Å²) in [6, 6.07) is 7.15. The summed E-state index contributed by atoms with van der Waals surface area (Å²) in [6.45, 7) is 3.83. The number of aryl methyl sites for hydroxylation is 2. The Morgan fingerprint density at radius 2 is 1.57 bits per heavy atom. The van der Waals surface area contributed by atoms with E-state index in [0.29, 0.717) is 0 Å². The first-order valence-electron chi connectivity index (χ1n) is 4.51. The third-order valence-electron chi connectivity index (χ3n) is 2.51. The van der Waals surface area contributed by atoms with Crippen molar-refractivity contribution in [3.8, 4) is 11.5 Å². The van der Waals surface area contributed by atoms with Crippen LogP contribution in [0, 0.1) is 13.8 Å². The predicted octanol–water partition coefficient (Wildman–Crippen LogP) is 2.87. The zero-order chi connectivity index (χ0) is 10.3. The molecule has 0 saturated heterocycles. The molecule has 0 radical (unpaired) electrons. The highest BCUT2D eigenvalue weighted by Crippen LogP contribution is 2.34. The summed E-state index contributed by atoms with van der Waals surface area (Å²) < 4.78 is 0. The number of phenolic OH excluding ortho intramolecular Hbond substituents is 2. The van der Waals surface area contributed by atoms with Crippen LogP contribution in [-0.2, 0) is 0 Å². The minimum absolute atomic E-state index is 0.128. The molecule has 0 amide bonds. The van der Waals surface area contributed by atoms with E-state index < -0.39 is 0 Å². The summed E-state index contributed by atoms with van der Waals surface area (Å²) in [7, 11) is 0. The monoisotopic (exact) mass is 188 g/mol. The van der Waals surface area contributed by atoms with Gasteiger partial charge < -0.3 is 10.2 Å². The fourth-order valence-corrected chi connectivity index (χ4v) is 1.65.